The smallest absolute Gasteiger partial charge is 0.378 e. The number of carbonyl (C=O) groups excluding carboxylic acids is 1. The SMILES string of the molecule is CCC(C)(C)C(=O)[CH]c1ccc(OS(=O)(=O)C(F)(F)C(F)(F)C(F)(F)S(=O)(=O)O)cc1. The van der Waals surface area contributed by atoms with E-state index >= 15 is 0 Å². The van der Waals surface area contributed by atoms with Gasteiger partial charge >= 0.3 is 36.7 Å². The average Bonchev–Trinajstić information content (AvgIpc) is 2.61. The summed E-state index contributed by atoms with van der Waals surface area (Å²) in [6, 6.07) is 3.34. The minimum absolute atomic E-state index is 0.159. The van der Waals surface area contributed by atoms with Gasteiger partial charge in [0.15, 0.2) is 0 Å². The zero-order chi connectivity index (χ0) is 24.7. The molecular formula is C16H17F6O7S2. The highest BCUT2D eigenvalue weighted by atomic mass is 32.2. The van der Waals surface area contributed by atoms with E-state index in [0.717, 1.165) is 18.6 Å². The first-order valence-electron chi connectivity index (χ1n) is 8.18. The molecule has 1 aromatic carbocycles. The molecule has 0 aromatic heterocycles. The summed E-state index contributed by atoms with van der Waals surface area (Å²) in [6.07, 6.45) is 1.61. The summed E-state index contributed by atoms with van der Waals surface area (Å²) >= 11 is 0. The molecule has 0 saturated heterocycles. The molecule has 0 aliphatic rings. The monoisotopic (exact) mass is 499 g/mol. The Bertz CT molecular complexity index is 1030. The number of Topliss-reactive ketones (excluding diaryl/α,β-unsaturated/α-hetero) is 1. The number of rotatable bonds is 10. The molecule has 1 radical (unpaired) electrons. The van der Waals surface area contributed by atoms with Gasteiger partial charge in [-0.15, -0.1) is 0 Å². The van der Waals surface area contributed by atoms with Crippen molar-refractivity contribution in [2.75, 3.05) is 0 Å². The van der Waals surface area contributed by atoms with Crippen molar-refractivity contribution in [1.82, 2.24) is 0 Å². The molecule has 0 saturated carbocycles. The molecule has 0 bridgehead atoms. The van der Waals surface area contributed by atoms with Gasteiger partial charge in [-0.25, -0.2) is 0 Å². The molecular weight excluding hydrogens is 482 g/mol. The predicted octanol–water partition coefficient (Wildman–Crippen LogP) is 3.66. The molecule has 1 N–H and O–H groups in total. The maximum absolute atomic E-state index is 13.7. The molecule has 0 aliphatic carbocycles. The fraction of sp³-hybridized carbons (Fsp3) is 0.500. The predicted molar refractivity (Wildman–Crippen MR) is 94.9 cm³/mol. The lowest BCUT2D eigenvalue weighted by Crippen LogP contribution is -2.61. The van der Waals surface area contributed by atoms with Crippen LogP contribution in [0.2, 0.25) is 0 Å². The Morgan fingerprint density at radius 2 is 1.42 bits per heavy atom. The molecule has 15 heteroatoms. The minimum Gasteiger partial charge on any atom is -0.378 e. The van der Waals surface area contributed by atoms with Crippen LogP contribution in [0.25, 0.3) is 0 Å². The Kier molecular flexibility index (Phi) is 7.22. The third-order valence-corrected chi connectivity index (χ3v) is 6.50. The first-order valence-corrected chi connectivity index (χ1v) is 11.0. The quantitative estimate of drug-likeness (QED) is 0.297. The summed E-state index contributed by atoms with van der Waals surface area (Å²) in [5, 5.41) is -13.6. The van der Waals surface area contributed by atoms with E-state index in [4.69, 9.17) is 4.55 Å². The average molecular weight is 499 g/mol. The molecule has 1 rings (SSSR count). The van der Waals surface area contributed by atoms with E-state index in [1.807, 2.05) is 0 Å². The Morgan fingerprint density at radius 3 is 1.81 bits per heavy atom. The van der Waals surface area contributed by atoms with Gasteiger partial charge in [0.2, 0.25) is 0 Å². The van der Waals surface area contributed by atoms with Crippen molar-refractivity contribution in [3.05, 3.63) is 36.2 Å². The zero-order valence-corrected chi connectivity index (χ0v) is 17.7. The summed E-state index contributed by atoms with van der Waals surface area (Å²) in [7, 11) is -14.0. The topological polar surface area (TPSA) is 115 Å². The number of halogens is 6. The molecule has 177 valence electrons. The highest BCUT2D eigenvalue weighted by molar-refractivity contribution is 7.88. The van der Waals surface area contributed by atoms with Crippen molar-refractivity contribution in [1.29, 1.82) is 0 Å². The van der Waals surface area contributed by atoms with Gasteiger partial charge < -0.3 is 4.18 Å². The Labute approximate surface area is 174 Å². The minimum atomic E-state index is -7.13. The first-order chi connectivity index (χ1) is 13.6. The standard InChI is InChI=1S/C16H17F6O7S2/c1-4-13(2,3)12(23)9-10-5-7-11(8-6-10)29-31(27,28)16(21,22)14(17,18)15(19,20)30(24,25)26/h5-9H,4H2,1-3H3,(H,24,25,26). The molecule has 7 nitrogen and oxygen atoms in total. The third kappa shape index (κ3) is 4.98. The molecule has 0 fully saturated rings. The number of benzene rings is 1. The zero-order valence-electron chi connectivity index (χ0n) is 16.1. The van der Waals surface area contributed by atoms with E-state index in [1.165, 1.54) is 0 Å². The van der Waals surface area contributed by atoms with Gasteiger partial charge in [0.1, 0.15) is 11.5 Å². The van der Waals surface area contributed by atoms with Crippen LogP contribution in [0.1, 0.15) is 32.8 Å². The summed E-state index contributed by atoms with van der Waals surface area (Å²) < 4.78 is 136. The highest BCUT2D eigenvalue weighted by Gasteiger charge is 2.83. The molecule has 0 aliphatic heterocycles. The molecule has 0 atom stereocenters. The summed E-state index contributed by atoms with van der Waals surface area (Å²) in [5.74, 6) is -8.46. The normalized spacial score (nSPS) is 14.4. The van der Waals surface area contributed by atoms with Crippen LogP contribution in [0, 0.1) is 11.8 Å². The summed E-state index contributed by atoms with van der Waals surface area (Å²) in [4.78, 5) is 12.1. The number of ketones is 1. The molecule has 31 heavy (non-hydrogen) atoms. The Balaban J connectivity index is 3.18. The van der Waals surface area contributed by atoms with E-state index in [0.29, 0.717) is 18.6 Å². The molecule has 0 spiro atoms. The Hall–Kier alpha value is -1.87. The van der Waals surface area contributed by atoms with Crippen LogP contribution in [-0.2, 0) is 25.0 Å². The number of hydrogen-bond acceptors (Lipinski definition) is 6. The van der Waals surface area contributed by atoms with Gasteiger partial charge in [-0.05, 0) is 24.1 Å². The van der Waals surface area contributed by atoms with Crippen LogP contribution in [0.3, 0.4) is 0 Å². The van der Waals surface area contributed by atoms with Crippen LogP contribution in [-0.4, -0.2) is 43.6 Å². The maximum Gasteiger partial charge on any atom is 0.450 e. The molecule has 0 unspecified atom stereocenters. The first kappa shape index (κ1) is 27.2. The fourth-order valence-electron chi connectivity index (χ4n) is 1.81. The van der Waals surface area contributed by atoms with Crippen molar-refractivity contribution >= 4 is 26.0 Å². The van der Waals surface area contributed by atoms with E-state index < -0.39 is 47.8 Å². The van der Waals surface area contributed by atoms with Gasteiger partial charge in [0, 0.05) is 5.41 Å². The number of alkyl halides is 6. The van der Waals surface area contributed by atoms with E-state index in [9.17, 15) is 48.0 Å². The van der Waals surface area contributed by atoms with Gasteiger partial charge in [0.05, 0.1) is 6.42 Å². The van der Waals surface area contributed by atoms with E-state index in [-0.39, 0.29) is 11.3 Å². The van der Waals surface area contributed by atoms with E-state index in [1.54, 1.807) is 20.8 Å². The van der Waals surface area contributed by atoms with E-state index in [2.05, 4.69) is 4.18 Å². The fourth-order valence-corrected chi connectivity index (χ4v) is 3.24. The van der Waals surface area contributed by atoms with Crippen LogP contribution in [0.5, 0.6) is 5.75 Å². The van der Waals surface area contributed by atoms with Crippen molar-refractivity contribution in [3.8, 4) is 5.75 Å². The van der Waals surface area contributed by atoms with Crippen LogP contribution < -0.4 is 4.18 Å². The van der Waals surface area contributed by atoms with Crippen molar-refractivity contribution < 1.29 is 56.7 Å². The molecule has 0 heterocycles. The molecule has 1 aromatic rings. The second kappa shape index (κ2) is 8.24. The van der Waals surface area contributed by atoms with Gasteiger partial charge in [-0.2, -0.15) is 43.2 Å². The van der Waals surface area contributed by atoms with Crippen molar-refractivity contribution in [2.24, 2.45) is 5.41 Å². The second-order valence-electron chi connectivity index (χ2n) is 6.94. The van der Waals surface area contributed by atoms with Crippen molar-refractivity contribution in [3.63, 3.8) is 0 Å². The molecule has 0 amide bonds. The third-order valence-electron chi connectivity index (χ3n) is 4.30. The van der Waals surface area contributed by atoms with Crippen molar-refractivity contribution in [2.45, 2.75) is 43.6 Å². The van der Waals surface area contributed by atoms with Gasteiger partial charge in [-0.3, -0.25) is 9.35 Å². The lowest BCUT2D eigenvalue weighted by atomic mass is 9.82. The van der Waals surface area contributed by atoms with Gasteiger partial charge in [-0.1, -0.05) is 32.9 Å². The number of hydrogen-bond donors (Lipinski definition) is 1. The number of carbonyl (C=O) groups is 1. The Morgan fingerprint density at radius 1 is 0.968 bits per heavy atom. The lowest BCUT2D eigenvalue weighted by Gasteiger charge is -2.29. The van der Waals surface area contributed by atoms with Crippen LogP contribution in [0.4, 0.5) is 26.3 Å². The largest absolute Gasteiger partial charge is 0.450 e. The maximum atomic E-state index is 13.7. The lowest BCUT2D eigenvalue weighted by molar-refractivity contribution is -0.247. The van der Waals surface area contributed by atoms with Crippen LogP contribution in [0.15, 0.2) is 24.3 Å². The van der Waals surface area contributed by atoms with Crippen LogP contribution >= 0.6 is 0 Å². The summed E-state index contributed by atoms with van der Waals surface area (Å²) in [6.45, 7) is 5.02. The second-order valence-corrected chi connectivity index (χ2v) is 9.99. The van der Waals surface area contributed by atoms with Gasteiger partial charge in [0.25, 0.3) is 0 Å². The highest BCUT2D eigenvalue weighted by Crippen LogP contribution is 2.50. The summed E-state index contributed by atoms with van der Waals surface area (Å²) in [5.41, 5.74) is -0.587.